The fourth-order valence-electron chi connectivity index (χ4n) is 2.09. The van der Waals surface area contributed by atoms with Crippen molar-refractivity contribution < 1.29 is 9.59 Å². The van der Waals surface area contributed by atoms with Crippen LogP contribution in [0.15, 0.2) is 30.3 Å². The first-order chi connectivity index (χ1) is 9.09. The zero-order chi connectivity index (χ0) is 13.8. The van der Waals surface area contributed by atoms with Crippen LogP contribution in [-0.4, -0.2) is 36.3 Å². The Morgan fingerprint density at radius 2 is 1.95 bits per heavy atom. The van der Waals surface area contributed by atoms with Crippen molar-refractivity contribution in [2.45, 2.75) is 25.8 Å². The van der Waals surface area contributed by atoms with Crippen molar-refractivity contribution in [1.29, 1.82) is 0 Å². The molecule has 2 amide bonds. The lowest BCUT2D eigenvalue weighted by Crippen LogP contribution is -2.43. The van der Waals surface area contributed by atoms with Gasteiger partial charge in [-0.1, -0.05) is 18.2 Å². The highest BCUT2D eigenvalue weighted by molar-refractivity contribution is 5.96. The maximum Gasteiger partial charge on any atom is 0.251 e. The number of hydrogen-bond donors (Lipinski definition) is 1. The quantitative estimate of drug-likeness (QED) is 0.875. The van der Waals surface area contributed by atoms with E-state index in [4.69, 9.17) is 0 Å². The lowest BCUT2D eigenvalue weighted by Gasteiger charge is -2.25. The van der Waals surface area contributed by atoms with Crippen LogP contribution in [0, 0.1) is 5.92 Å². The summed E-state index contributed by atoms with van der Waals surface area (Å²) < 4.78 is 0. The van der Waals surface area contributed by atoms with Gasteiger partial charge in [0.1, 0.15) is 0 Å². The van der Waals surface area contributed by atoms with Gasteiger partial charge in [-0.2, -0.15) is 0 Å². The van der Waals surface area contributed by atoms with Crippen LogP contribution < -0.4 is 5.32 Å². The molecule has 1 aliphatic carbocycles. The maximum atomic E-state index is 12.0. The Morgan fingerprint density at radius 3 is 2.53 bits per heavy atom. The van der Waals surface area contributed by atoms with Crippen molar-refractivity contribution in [3.05, 3.63) is 35.9 Å². The summed E-state index contributed by atoms with van der Waals surface area (Å²) in [7, 11) is 1.81. The molecule has 0 unspecified atom stereocenters. The maximum absolute atomic E-state index is 12.0. The van der Waals surface area contributed by atoms with Crippen molar-refractivity contribution in [3.63, 3.8) is 0 Å². The lowest BCUT2D eigenvalue weighted by molar-refractivity contribution is -0.130. The molecule has 1 aliphatic rings. The first-order valence-corrected chi connectivity index (χ1v) is 6.68. The number of carbonyl (C=O) groups is 2. The van der Waals surface area contributed by atoms with Gasteiger partial charge in [-0.15, -0.1) is 0 Å². The molecule has 0 heterocycles. The minimum Gasteiger partial charge on any atom is -0.343 e. The van der Waals surface area contributed by atoms with Crippen LogP contribution in [0.5, 0.6) is 0 Å². The van der Waals surface area contributed by atoms with E-state index in [2.05, 4.69) is 12.2 Å². The number of rotatable bonds is 5. The summed E-state index contributed by atoms with van der Waals surface area (Å²) in [5.41, 5.74) is 0.577. The third kappa shape index (κ3) is 3.56. The third-order valence-electron chi connectivity index (χ3n) is 3.74. The van der Waals surface area contributed by atoms with E-state index in [0.717, 1.165) is 0 Å². The predicted octanol–water partition coefficient (Wildman–Crippen LogP) is 1.67. The first kappa shape index (κ1) is 13.6. The minimum atomic E-state index is -0.207. The van der Waals surface area contributed by atoms with E-state index in [-0.39, 0.29) is 24.4 Å². The SMILES string of the molecule is C[C@H](C1CC1)N(C)C(=O)CNC(=O)c1ccccc1. The Labute approximate surface area is 113 Å². The molecule has 1 N–H and O–H groups in total. The molecule has 0 bridgehead atoms. The molecule has 0 aliphatic heterocycles. The normalized spacial score (nSPS) is 15.7. The molecule has 0 spiro atoms. The van der Waals surface area contributed by atoms with E-state index in [0.29, 0.717) is 11.5 Å². The Hall–Kier alpha value is -1.84. The largest absolute Gasteiger partial charge is 0.343 e. The van der Waals surface area contributed by atoms with Crippen molar-refractivity contribution in [2.75, 3.05) is 13.6 Å². The van der Waals surface area contributed by atoms with Crippen LogP contribution in [0.25, 0.3) is 0 Å². The number of benzene rings is 1. The highest BCUT2D eigenvalue weighted by Gasteiger charge is 2.32. The van der Waals surface area contributed by atoms with E-state index in [1.807, 2.05) is 6.07 Å². The summed E-state index contributed by atoms with van der Waals surface area (Å²) in [5, 5.41) is 2.66. The van der Waals surface area contributed by atoms with Gasteiger partial charge in [0.15, 0.2) is 0 Å². The minimum absolute atomic E-state index is 0.0383. The average molecular weight is 260 g/mol. The number of carbonyl (C=O) groups excluding carboxylic acids is 2. The van der Waals surface area contributed by atoms with Crippen molar-refractivity contribution in [2.24, 2.45) is 5.92 Å². The van der Waals surface area contributed by atoms with E-state index in [9.17, 15) is 9.59 Å². The second-order valence-electron chi connectivity index (χ2n) is 5.13. The van der Waals surface area contributed by atoms with Crippen molar-refractivity contribution >= 4 is 11.8 Å². The molecule has 19 heavy (non-hydrogen) atoms. The lowest BCUT2D eigenvalue weighted by atomic mass is 10.2. The number of likely N-dealkylation sites (N-methyl/N-ethyl adjacent to an activating group) is 1. The molecule has 0 saturated heterocycles. The average Bonchev–Trinajstić information content (AvgIpc) is 3.28. The van der Waals surface area contributed by atoms with Gasteiger partial charge < -0.3 is 10.2 Å². The summed E-state index contributed by atoms with van der Waals surface area (Å²) in [6.07, 6.45) is 2.41. The van der Waals surface area contributed by atoms with Crippen LogP contribution in [-0.2, 0) is 4.79 Å². The van der Waals surface area contributed by atoms with Gasteiger partial charge in [-0.25, -0.2) is 0 Å². The summed E-state index contributed by atoms with van der Waals surface area (Å²) in [6, 6.07) is 9.19. The van der Waals surface area contributed by atoms with Gasteiger partial charge in [0.05, 0.1) is 6.54 Å². The molecule has 4 nitrogen and oxygen atoms in total. The smallest absolute Gasteiger partial charge is 0.251 e. The standard InChI is InChI=1S/C15H20N2O2/c1-11(12-8-9-12)17(2)14(18)10-16-15(19)13-6-4-3-5-7-13/h3-7,11-12H,8-10H2,1-2H3,(H,16,19)/t11-/m1/s1. The van der Waals surface area contributed by atoms with Crippen LogP contribution in [0.4, 0.5) is 0 Å². The Bertz CT molecular complexity index is 454. The van der Waals surface area contributed by atoms with Crippen LogP contribution in [0.2, 0.25) is 0 Å². The molecule has 1 atom stereocenters. The third-order valence-corrected chi connectivity index (χ3v) is 3.74. The van der Waals surface area contributed by atoms with Crippen LogP contribution in [0.1, 0.15) is 30.1 Å². The number of hydrogen-bond acceptors (Lipinski definition) is 2. The molecule has 1 aromatic rings. The molecule has 1 fully saturated rings. The fourth-order valence-corrected chi connectivity index (χ4v) is 2.09. The fraction of sp³-hybridized carbons (Fsp3) is 0.467. The molecule has 102 valence electrons. The van der Waals surface area contributed by atoms with Gasteiger partial charge in [0.2, 0.25) is 5.91 Å². The highest BCUT2D eigenvalue weighted by Crippen LogP contribution is 2.34. The Balaban J connectivity index is 1.81. The van der Waals surface area contributed by atoms with Gasteiger partial charge in [0.25, 0.3) is 5.91 Å². The van der Waals surface area contributed by atoms with E-state index in [1.54, 1.807) is 36.2 Å². The highest BCUT2D eigenvalue weighted by atomic mass is 16.2. The van der Waals surface area contributed by atoms with E-state index in [1.165, 1.54) is 12.8 Å². The molecule has 1 saturated carbocycles. The molecule has 0 aromatic heterocycles. The number of nitrogens with zero attached hydrogens (tertiary/aromatic N) is 1. The summed E-state index contributed by atoms with van der Waals surface area (Å²) >= 11 is 0. The predicted molar refractivity (Wildman–Crippen MR) is 73.7 cm³/mol. The van der Waals surface area contributed by atoms with E-state index >= 15 is 0 Å². The number of amides is 2. The molecule has 2 rings (SSSR count). The topological polar surface area (TPSA) is 49.4 Å². The summed E-state index contributed by atoms with van der Waals surface area (Å²) in [4.78, 5) is 25.5. The van der Waals surface area contributed by atoms with Gasteiger partial charge in [-0.05, 0) is 37.8 Å². The van der Waals surface area contributed by atoms with Gasteiger partial charge in [0, 0.05) is 18.7 Å². The number of nitrogens with one attached hydrogen (secondary N) is 1. The second-order valence-corrected chi connectivity index (χ2v) is 5.13. The zero-order valence-electron chi connectivity index (χ0n) is 11.4. The first-order valence-electron chi connectivity index (χ1n) is 6.68. The molecular weight excluding hydrogens is 240 g/mol. The Morgan fingerprint density at radius 1 is 1.32 bits per heavy atom. The zero-order valence-corrected chi connectivity index (χ0v) is 11.4. The van der Waals surface area contributed by atoms with Crippen LogP contribution >= 0.6 is 0 Å². The monoisotopic (exact) mass is 260 g/mol. The van der Waals surface area contributed by atoms with Gasteiger partial charge >= 0.3 is 0 Å². The molecule has 4 heteroatoms. The van der Waals surface area contributed by atoms with Crippen LogP contribution in [0.3, 0.4) is 0 Å². The van der Waals surface area contributed by atoms with Gasteiger partial charge in [-0.3, -0.25) is 9.59 Å². The van der Waals surface area contributed by atoms with E-state index < -0.39 is 0 Å². The molecular formula is C15H20N2O2. The van der Waals surface area contributed by atoms with Crippen molar-refractivity contribution in [3.8, 4) is 0 Å². The Kier molecular flexibility index (Phi) is 4.20. The van der Waals surface area contributed by atoms with Crippen molar-refractivity contribution in [1.82, 2.24) is 10.2 Å². The molecule has 1 aromatic carbocycles. The summed E-state index contributed by atoms with van der Waals surface area (Å²) in [6.45, 7) is 2.12. The molecule has 0 radical (unpaired) electrons. The summed E-state index contributed by atoms with van der Waals surface area (Å²) in [5.74, 6) is 0.392. The second kappa shape index (κ2) is 5.87.